The van der Waals surface area contributed by atoms with Gasteiger partial charge in [0.05, 0.1) is 11.1 Å². The molecule has 1 amide bonds. The summed E-state index contributed by atoms with van der Waals surface area (Å²) in [5.41, 5.74) is -0.437. The number of nitrogens with one attached hydrogen (secondary N) is 1. The van der Waals surface area contributed by atoms with E-state index in [-0.39, 0.29) is 23.2 Å². The summed E-state index contributed by atoms with van der Waals surface area (Å²) in [7, 11) is 0. The van der Waals surface area contributed by atoms with E-state index in [1.807, 2.05) is 0 Å². The topological polar surface area (TPSA) is 77.4 Å². The van der Waals surface area contributed by atoms with Crippen LogP contribution in [0, 0.1) is 5.82 Å². The smallest absolute Gasteiger partial charge is 0.251 e. The van der Waals surface area contributed by atoms with Gasteiger partial charge in [-0.3, -0.25) is 19.0 Å². The predicted octanol–water partition coefficient (Wildman–Crippen LogP) is 2.36. The van der Waals surface area contributed by atoms with Gasteiger partial charge in [-0.2, -0.15) is 0 Å². The Morgan fingerprint density at radius 2 is 2.00 bits per heavy atom. The van der Waals surface area contributed by atoms with Crippen LogP contribution in [0.3, 0.4) is 0 Å². The quantitative estimate of drug-likeness (QED) is 0.604. The first kappa shape index (κ1) is 19.3. The highest BCUT2D eigenvalue weighted by atomic mass is 35.5. The van der Waals surface area contributed by atoms with Gasteiger partial charge in [0.15, 0.2) is 11.8 Å². The molecule has 6 nitrogen and oxygen atoms in total. The molecule has 1 saturated heterocycles. The number of ether oxygens (including phenoxy) is 1. The Labute approximate surface area is 159 Å². The van der Waals surface area contributed by atoms with Crippen LogP contribution in [0.15, 0.2) is 47.4 Å². The van der Waals surface area contributed by atoms with E-state index in [1.165, 1.54) is 30.5 Å². The molecule has 1 aliphatic rings. The highest BCUT2D eigenvalue weighted by Crippen LogP contribution is 2.17. The number of ketones is 1. The molecule has 8 heteroatoms. The van der Waals surface area contributed by atoms with Gasteiger partial charge in [-0.05, 0) is 43.2 Å². The minimum absolute atomic E-state index is 0.112. The van der Waals surface area contributed by atoms with Gasteiger partial charge in [-0.25, -0.2) is 4.39 Å². The maximum atomic E-state index is 13.2. The van der Waals surface area contributed by atoms with Gasteiger partial charge >= 0.3 is 0 Å². The first-order chi connectivity index (χ1) is 13.0. The summed E-state index contributed by atoms with van der Waals surface area (Å²) in [6.07, 6.45) is 2.84. The van der Waals surface area contributed by atoms with Crippen molar-refractivity contribution in [2.24, 2.45) is 0 Å². The lowest BCUT2D eigenvalue weighted by molar-refractivity contribution is -0.123. The van der Waals surface area contributed by atoms with Crippen LogP contribution in [-0.2, 0) is 9.53 Å². The number of hydrogen-bond acceptors (Lipinski definition) is 4. The Morgan fingerprint density at radius 3 is 2.67 bits per heavy atom. The summed E-state index contributed by atoms with van der Waals surface area (Å²) in [4.78, 5) is 38.0. The molecule has 2 heterocycles. The molecule has 0 radical (unpaired) electrons. The second kappa shape index (κ2) is 8.45. The van der Waals surface area contributed by atoms with E-state index < -0.39 is 29.1 Å². The lowest BCUT2D eigenvalue weighted by atomic mass is 10.0. The summed E-state index contributed by atoms with van der Waals surface area (Å²) in [5.74, 6) is -1.79. The molecule has 1 aromatic carbocycles. The van der Waals surface area contributed by atoms with Crippen LogP contribution in [0.25, 0.3) is 0 Å². The monoisotopic (exact) mass is 392 g/mol. The lowest BCUT2D eigenvalue weighted by Crippen LogP contribution is -2.43. The molecule has 2 unspecified atom stereocenters. The predicted molar refractivity (Wildman–Crippen MR) is 97.5 cm³/mol. The standard InChI is InChI=1S/C19H18ClFN2O4/c20-13-5-8-16(24)23(11-13)17(18(25)12-3-6-14(21)7-4-12)19(26)22-10-15-2-1-9-27-15/h3-8,11,15,17H,1-2,9-10H2,(H,22,26). The second-order valence-electron chi connectivity index (χ2n) is 6.25. The van der Waals surface area contributed by atoms with Crippen LogP contribution >= 0.6 is 11.6 Å². The number of pyridine rings is 1. The third kappa shape index (κ3) is 4.61. The molecule has 0 bridgehead atoms. The van der Waals surface area contributed by atoms with Crippen LogP contribution in [0.5, 0.6) is 0 Å². The fraction of sp³-hybridized carbons (Fsp3) is 0.316. The first-order valence-corrected chi connectivity index (χ1v) is 8.90. The zero-order chi connectivity index (χ0) is 19.4. The summed E-state index contributed by atoms with van der Waals surface area (Å²) in [6.45, 7) is 0.869. The van der Waals surface area contributed by atoms with Crippen molar-refractivity contribution >= 4 is 23.3 Å². The number of benzene rings is 1. The first-order valence-electron chi connectivity index (χ1n) is 8.52. The number of amides is 1. The van der Waals surface area contributed by atoms with E-state index in [4.69, 9.17) is 16.3 Å². The average Bonchev–Trinajstić information content (AvgIpc) is 3.17. The Bertz CT molecular complexity index is 891. The van der Waals surface area contributed by atoms with Gasteiger partial charge in [-0.1, -0.05) is 11.6 Å². The number of nitrogens with zero attached hydrogens (tertiary/aromatic N) is 1. The summed E-state index contributed by atoms with van der Waals surface area (Å²) >= 11 is 5.95. The van der Waals surface area contributed by atoms with Crippen molar-refractivity contribution in [3.63, 3.8) is 0 Å². The molecule has 0 saturated carbocycles. The summed E-state index contributed by atoms with van der Waals surface area (Å²) < 4.78 is 19.6. The van der Waals surface area contributed by atoms with Crippen LogP contribution in [-0.4, -0.2) is 35.5 Å². The number of halogens is 2. The van der Waals surface area contributed by atoms with Crippen LogP contribution in [0.4, 0.5) is 4.39 Å². The van der Waals surface area contributed by atoms with Crippen molar-refractivity contribution in [1.82, 2.24) is 9.88 Å². The minimum Gasteiger partial charge on any atom is -0.376 e. The Hall–Kier alpha value is -2.51. The third-order valence-corrected chi connectivity index (χ3v) is 4.56. The van der Waals surface area contributed by atoms with Crippen molar-refractivity contribution < 1.29 is 18.7 Å². The van der Waals surface area contributed by atoms with Gasteiger partial charge in [0.2, 0.25) is 0 Å². The molecule has 27 heavy (non-hydrogen) atoms. The van der Waals surface area contributed by atoms with E-state index in [2.05, 4.69) is 5.32 Å². The molecule has 2 aromatic rings. The van der Waals surface area contributed by atoms with Gasteiger partial charge < -0.3 is 10.1 Å². The Morgan fingerprint density at radius 1 is 1.26 bits per heavy atom. The van der Waals surface area contributed by atoms with Crippen LogP contribution < -0.4 is 10.9 Å². The highest BCUT2D eigenvalue weighted by molar-refractivity contribution is 6.30. The van der Waals surface area contributed by atoms with Gasteiger partial charge in [0, 0.05) is 31.0 Å². The Balaban J connectivity index is 1.91. The van der Waals surface area contributed by atoms with E-state index in [0.29, 0.717) is 6.61 Å². The molecule has 1 N–H and O–H groups in total. The average molecular weight is 393 g/mol. The van der Waals surface area contributed by atoms with E-state index >= 15 is 0 Å². The molecule has 1 aromatic heterocycles. The van der Waals surface area contributed by atoms with Crippen molar-refractivity contribution in [2.45, 2.75) is 25.0 Å². The highest BCUT2D eigenvalue weighted by Gasteiger charge is 2.31. The van der Waals surface area contributed by atoms with Crippen molar-refractivity contribution in [2.75, 3.05) is 13.2 Å². The largest absolute Gasteiger partial charge is 0.376 e. The molecule has 142 valence electrons. The van der Waals surface area contributed by atoms with Crippen LogP contribution in [0.2, 0.25) is 5.02 Å². The maximum absolute atomic E-state index is 13.2. The number of rotatable bonds is 6. The number of Topliss-reactive ketones (excluding diaryl/α,β-unsaturated/α-hetero) is 1. The van der Waals surface area contributed by atoms with Gasteiger partial charge in [-0.15, -0.1) is 0 Å². The zero-order valence-corrected chi connectivity index (χ0v) is 15.1. The second-order valence-corrected chi connectivity index (χ2v) is 6.68. The van der Waals surface area contributed by atoms with Crippen LogP contribution in [0.1, 0.15) is 29.2 Å². The van der Waals surface area contributed by atoms with E-state index in [9.17, 15) is 18.8 Å². The third-order valence-electron chi connectivity index (χ3n) is 4.33. The molecule has 3 rings (SSSR count). The number of carbonyl (C=O) groups is 2. The van der Waals surface area contributed by atoms with Crippen molar-refractivity contribution in [3.05, 3.63) is 69.4 Å². The molecule has 2 atom stereocenters. The SMILES string of the molecule is O=C(NCC1CCCO1)C(C(=O)c1ccc(F)cc1)n1cc(Cl)ccc1=O. The molecule has 0 aliphatic carbocycles. The van der Waals surface area contributed by atoms with Crippen molar-refractivity contribution in [3.8, 4) is 0 Å². The van der Waals surface area contributed by atoms with Gasteiger partial charge in [0.25, 0.3) is 11.5 Å². The molecular formula is C19H18ClFN2O4. The summed E-state index contributed by atoms with van der Waals surface area (Å²) in [6, 6.07) is 5.89. The fourth-order valence-electron chi connectivity index (χ4n) is 2.94. The minimum atomic E-state index is -1.46. The fourth-order valence-corrected chi connectivity index (χ4v) is 3.11. The number of aromatic nitrogens is 1. The zero-order valence-electron chi connectivity index (χ0n) is 14.4. The maximum Gasteiger partial charge on any atom is 0.251 e. The Kier molecular flexibility index (Phi) is 6.03. The molecule has 1 fully saturated rings. The van der Waals surface area contributed by atoms with E-state index in [0.717, 1.165) is 29.5 Å². The van der Waals surface area contributed by atoms with E-state index in [1.54, 1.807) is 0 Å². The van der Waals surface area contributed by atoms with Gasteiger partial charge in [0.1, 0.15) is 5.82 Å². The molecular weight excluding hydrogens is 375 g/mol. The molecule has 0 spiro atoms. The normalized spacial score (nSPS) is 17.5. The number of carbonyl (C=O) groups excluding carboxylic acids is 2. The number of hydrogen-bond donors (Lipinski definition) is 1. The lowest BCUT2D eigenvalue weighted by Gasteiger charge is -2.20. The summed E-state index contributed by atoms with van der Waals surface area (Å²) in [5, 5.41) is 2.88. The molecule has 1 aliphatic heterocycles. The van der Waals surface area contributed by atoms with Crippen molar-refractivity contribution in [1.29, 1.82) is 0 Å².